The van der Waals surface area contributed by atoms with Gasteiger partial charge < -0.3 is 19.5 Å². The summed E-state index contributed by atoms with van der Waals surface area (Å²) >= 11 is 0. The number of nitrogens with one attached hydrogen (secondary N) is 1. The van der Waals surface area contributed by atoms with E-state index in [4.69, 9.17) is 14.2 Å². The molecule has 1 N–H and O–H groups in total. The van der Waals surface area contributed by atoms with Crippen LogP contribution in [-0.2, 0) is 13.0 Å². The summed E-state index contributed by atoms with van der Waals surface area (Å²) in [5.41, 5.74) is 3.16. The van der Waals surface area contributed by atoms with Gasteiger partial charge in [0.15, 0.2) is 17.3 Å². The van der Waals surface area contributed by atoms with E-state index in [0.717, 1.165) is 40.4 Å². The number of nitrogens with zero attached hydrogens (tertiary/aromatic N) is 2. The van der Waals surface area contributed by atoms with E-state index in [2.05, 4.69) is 21.4 Å². The van der Waals surface area contributed by atoms with Gasteiger partial charge in [0.2, 0.25) is 0 Å². The van der Waals surface area contributed by atoms with Gasteiger partial charge in [-0.15, -0.1) is 0 Å². The summed E-state index contributed by atoms with van der Waals surface area (Å²) in [6.45, 7) is 1.30. The molecular weight excluding hydrogens is 354 g/mol. The van der Waals surface area contributed by atoms with Crippen LogP contribution in [0, 0.1) is 0 Å². The van der Waals surface area contributed by atoms with Gasteiger partial charge >= 0.3 is 0 Å². The van der Waals surface area contributed by atoms with Gasteiger partial charge in [0.1, 0.15) is 12.4 Å². The molecule has 0 bridgehead atoms. The second kappa shape index (κ2) is 8.27. The predicted octanol–water partition coefficient (Wildman–Crippen LogP) is 3.25. The molecule has 1 aliphatic rings. The topological polar surface area (TPSA) is 65.5 Å². The minimum atomic E-state index is 0.237. The average Bonchev–Trinajstić information content (AvgIpc) is 2.77. The first-order chi connectivity index (χ1) is 13.8. The number of benzene rings is 2. The fourth-order valence-electron chi connectivity index (χ4n) is 3.28. The van der Waals surface area contributed by atoms with Crippen molar-refractivity contribution >= 4 is 0 Å². The lowest BCUT2D eigenvalue weighted by Gasteiger charge is -2.27. The second-order valence-corrected chi connectivity index (χ2v) is 6.68. The maximum Gasteiger partial charge on any atom is 0.164 e. The van der Waals surface area contributed by atoms with Gasteiger partial charge in [-0.25, -0.2) is 9.97 Å². The van der Waals surface area contributed by atoms with Crippen LogP contribution in [0.5, 0.6) is 17.2 Å². The number of ether oxygens (including phenoxy) is 3. The highest BCUT2D eigenvalue weighted by atomic mass is 16.5. The van der Waals surface area contributed by atoms with Gasteiger partial charge in [-0.05, 0) is 42.3 Å². The molecule has 2 heterocycles. The van der Waals surface area contributed by atoms with Crippen molar-refractivity contribution in [3.8, 4) is 28.6 Å². The fraction of sp³-hybridized carbons (Fsp3) is 0.273. The van der Waals surface area contributed by atoms with Crippen LogP contribution in [0.25, 0.3) is 11.4 Å². The van der Waals surface area contributed by atoms with Crippen LogP contribution in [-0.4, -0.2) is 36.8 Å². The first kappa shape index (κ1) is 18.3. The number of para-hydroxylation sites is 1. The monoisotopic (exact) mass is 377 g/mol. The lowest BCUT2D eigenvalue weighted by Crippen LogP contribution is -2.39. The Morgan fingerprint density at radius 1 is 1.04 bits per heavy atom. The van der Waals surface area contributed by atoms with Crippen molar-refractivity contribution in [2.45, 2.75) is 19.0 Å². The molecule has 0 radical (unpaired) electrons. The van der Waals surface area contributed by atoms with Crippen molar-refractivity contribution in [3.05, 3.63) is 66.0 Å². The first-order valence-corrected chi connectivity index (χ1v) is 9.24. The molecule has 3 aromatic rings. The molecular formula is C22H23N3O3. The quantitative estimate of drug-likeness (QED) is 0.711. The zero-order valence-corrected chi connectivity index (χ0v) is 16.0. The molecule has 0 saturated carbocycles. The highest BCUT2D eigenvalue weighted by Crippen LogP contribution is 2.34. The maximum atomic E-state index is 5.91. The molecule has 1 aliphatic heterocycles. The highest BCUT2D eigenvalue weighted by Gasteiger charge is 2.22. The van der Waals surface area contributed by atoms with E-state index in [-0.39, 0.29) is 6.04 Å². The lowest BCUT2D eigenvalue weighted by atomic mass is 10.0. The molecule has 0 aliphatic carbocycles. The summed E-state index contributed by atoms with van der Waals surface area (Å²) in [6, 6.07) is 14.0. The van der Waals surface area contributed by atoms with E-state index < -0.39 is 0 Å². The molecule has 4 rings (SSSR count). The van der Waals surface area contributed by atoms with E-state index in [1.807, 2.05) is 48.8 Å². The molecule has 0 spiro atoms. The van der Waals surface area contributed by atoms with Crippen LogP contribution in [0.1, 0.15) is 11.1 Å². The largest absolute Gasteiger partial charge is 0.497 e. The molecule has 6 heteroatoms. The molecule has 2 aromatic carbocycles. The summed E-state index contributed by atoms with van der Waals surface area (Å²) in [7, 11) is 3.32. The van der Waals surface area contributed by atoms with Crippen molar-refractivity contribution in [3.63, 3.8) is 0 Å². The van der Waals surface area contributed by atoms with Gasteiger partial charge in [0, 0.05) is 36.1 Å². The van der Waals surface area contributed by atoms with Crippen LogP contribution in [0.3, 0.4) is 0 Å². The number of fused-ring (bicyclic) bond motifs is 1. The molecule has 0 amide bonds. The number of hydrogen-bond acceptors (Lipinski definition) is 6. The van der Waals surface area contributed by atoms with Crippen LogP contribution in [0.15, 0.2) is 54.9 Å². The zero-order chi connectivity index (χ0) is 19.3. The lowest BCUT2D eigenvalue weighted by molar-refractivity contribution is 0.226. The number of hydrogen-bond donors (Lipinski definition) is 1. The van der Waals surface area contributed by atoms with Gasteiger partial charge in [-0.3, -0.25) is 0 Å². The molecule has 6 nitrogen and oxygen atoms in total. The third-order valence-corrected chi connectivity index (χ3v) is 4.82. The minimum absolute atomic E-state index is 0.237. The number of aromatic nitrogens is 2. The molecule has 0 unspecified atom stereocenters. The molecule has 28 heavy (non-hydrogen) atoms. The van der Waals surface area contributed by atoms with E-state index in [9.17, 15) is 0 Å². The summed E-state index contributed by atoms with van der Waals surface area (Å²) in [4.78, 5) is 8.97. The van der Waals surface area contributed by atoms with Crippen LogP contribution < -0.4 is 19.5 Å². The normalized spacial score (nSPS) is 15.4. The SMILES string of the molecule is COc1ccc(-c2ncc(CN[C@@H]3COc4c(cccc4OC)C3)cn2)cc1. The molecule has 1 aromatic heterocycles. The molecule has 144 valence electrons. The van der Waals surface area contributed by atoms with Gasteiger partial charge in [-0.1, -0.05) is 12.1 Å². The van der Waals surface area contributed by atoms with Crippen LogP contribution in [0.4, 0.5) is 0 Å². The minimum Gasteiger partial charge on any atom is -0.497 e. The van der Waals surface area contributed by atoms with E-state index in [1.54, 1.807) is 14.2 Å². The molecule has 0 fully saturated rings. The Labute approximate surface area is 164 Å². The number of methoxy groups -OCH3 is 2. The Hall–Kier alpha value is -3.12. The van der Waals surface area contributed by atoms with Crippen molar-refractivity contribution in [1.29, 1.82) is 0 Å². The van der Waals surface area contributed by atoms with Crippen molar-refractivity contribution in [1.82, 2.24) is 15.3 Å². The van der Waals surface area contributed by atoms with Gasteiger partial charge in [0.05, 0.1) is 14.2 Å². The predicted molar refractivity (Wildman–Crippen MR) is 107 cm³/mol. The van der Waals surface area contributed by atoms with E-state index >= 15 is 0 Å². The van der Waals surface area contributed by atoms with Gasteiger partial charge in [0.25, 0.3) is 0 Å². The van der Waals surface area contributed by atoms with E-state index in [1.165, 1.54) is 0 Å². The summed E-state index contributed by atoms with van der Waals surface area (Å²) < 4.78 is 16.5. The number of rotatable bonds is 6. The Morgan fingerprint density at radius 3 is 2.54 bits per heavy atom. The summed E-state index contributed by atoms with van der Waals surface area (Å²) in [5.74, 6) is 3.17. The first-order valence-electron chi connectivity index (χ1n) is 9.24. The Kier molecular flexibility index (Phi) is 5.39. The Bertz CT molecular complexity index is 927. The van der Waals surface area contributed by atoms with Crippen LogP contribution >= 0.6 is 0 Å². The van der Waals surface area contributed by atoms with E-state index in [0.29, 0.717) is 19.0 Å². The fourth-order valence-corrected chi connectivity index (χ4v) is 3.28. The summed E-state index contributed by atoms with van der Waals surface area (Å²) in [6.07, 6.45) is 4.62. The third kappa shape index (κ3) is 3.92. The second-order valence-electron chi connectivity index (χ2n) is 6.68. The molecule has 1 atom stereocenters. The zero-order valence-electron chi connectivity index (χ0n) is 16.0. The van der Waals surface area contributed by atoms with Crippen molar-refractivity contribution in [2.24, 2.45) is 0 Å². The van der Waals surface area contributed by atoms with Crippen LogP contribution in [0.2, 0.25) is 0 Å². The summed E-state index contributed by atoms with van der Waals surface area (Å²) in [5, 5.41) is 3.53. The third-order valence-electron chi connectivity index (χ3n) is 4.82. The van der Waals surface area contributed by atoms with Gasteiger partial charge in [-0.2, -0.15) is 0 Å². The Morgan fingerprint density at radius 2 is 1.82 bits per heavy atom. The van der Waals surface area contributed by atoms with Crippen molar-refractivity contribution in [2.75, 3.05) is 20.8 Å². The average molecular weight is 377 g/mol. The maximum absolute atomic E-state index is 5.91. The highest BCUT2D eigenvalue weighted by molar-refractivity contribution is 5.55. The smallest absolute Gasteiger partial charge is 0.164 e. The Balaban J connectivity index is 1.36. The molecule has 0 saturated heterocycles. The van der Waals surface area contributed by atoms with Crippen molar-refractivity contribution < 1.29 is 14.2 Å². The standard InChI is InChI=1S/C22H23N3O3/c1-26-19-8-6-16(7-9-19)22-24-12-15(13-25-22)11-23-18-10-17-4-3-5-20(27-2)21(17)28-14-18/h3-9,12-13,18,23H,10-11,14H2,1-2H3/t18-/m0/s1.